The summed E-state index contributed by atoms with van der Waals surface area (Å²) in [5, 5.41) is 4.76. The molecule has 1 spiro atoms. The van der Waals surface area contributed by atoms with Gasteiger partial charge in [0.05, 0.1) is 22.1 Å². The van der Waals surface area contributed by atoms with Crippen molar-refractivity contribution in [3.63, 3.8) is 0 Å². The molecule has 64 heavy (non-hydrogen) atoms. The molecule has 3 heteroatoms. The predicted molar refractivity (Wildman–Crippen MR) is 264 cm³/mol. The first-order valence-corrected chi connectivity index (χ1v) is 22.1. The van der Waals surface area contributed by atoms with Gasteiger partial charge in [0.25, 0.3) is 0 Å². The second-order valence-electron chi connectivity index (χ2n) is 17.1. The molecule has 1 atom stereocenters. The van der Waals surface area contributed by atoms with Gasteiger partial charge in [-0.3, -0.25) is 0 Å². The predicted octanol–water partition coefficient (Wildman–Crippen LogP) is 16.2. The number of rotatable bonds is 5. The van der Waals surface area contributed by atoms with E-state index in [0.717, 1.165) is 44.7 Å². The molecule has 14 rings (SSSR count). The van der Waals surface area contributed by atoms with Crippen molar-refractivity contribution < 1.29 is 4.42 Å². The summed E-state index contributed by atoms with van der Waals surface area (Å²) in [6, 6.07) is 84.4. The molecule has 298 valence electrons. The Morgan fingerprint density at radius 2 is 1.02 bits per heavy atom. The Bertz CT molecular complexity index is 3840. The molecule has 2 aliphatic rings. The van der Waals surface area contributed by atoms with Gasteiger partial charge in [-0.2, -0.15) is 0 Å². The summed E-state index contributed by atoms with van der Waals surface area (Å²) in [6.07, 6.45) is 0. The van der Waals surface area contributed by atoms with Gasteiger partial charge in [0.2, 0.25) is 0 Å². The summed E-state index contributed by atoms with van der Waals surface area (Å²) < 4.78 is 9.23. The Hall–Kier alpha value is -8.40. The zero-order valence-corrected chi connectivity index (χ0v) is 34.7. The molecule has 0 bridgehead atoms. The molecule has 0 fully saturated rings. The number of furan rings is 1. The van der Waals surface area contributed by atoms with Crippen LogP contribution in [0.3, 0.4) is 0 Å². The second kappa shape index (κ2) is 13.3. The van der Waals surface area contributed by atoms with E-state index in [1.807, 2.05) is 6.07 Å². The Morgan fingerprint density at radius 3 is 1.84 bits per heavy atom. The minimum atomic E-state index is -0.563. The van der Waals surface area contributed by atoms with Crippen LogP contribution in [0.2, 0.25) is 0 Å². The molecule has 0 radical (unpaired) electrons. The van der Waals surface area contributed by atoms with Crippen molar-refractivity contribution in [1.29, 1.82) is 0 Å². The van der Waals surface area contributed by atoms with Crippen LogP contribution in [0.25, 0.3) is 82.8 Å². The van der Waals surface area contributed by atoms with Crippen molar-refractivity contribution in [2.75, 3.05) is 4.90 Å². The summed E-state index contributed by atoms with van der Waals surface area (Å²) in [4.78, 5) is 2.40. The summed E-state index contributed by atoms with van der Waals surface area (Å²) >= 11 is 0. The van der Waals surface area contributed by atoms with Gasteiger partial charge < -0.3 is 13.9 Å². The first-order chi connectivity index (χ1) is 31.8. The highest BCUT2D eigenvalue weighted by atomic mass is 16.3. The van der Waals surface area contributed by atoms with Crippen LogP contribution in [-0.4, -0.2) is 4.57 Å². The van der Waals surface area contributed by atoms with Gasteiger partial charge in [-0.25, -0.2) is 0 Å². The standard InChI is InChI=1S/C61H38N2O/c1-3-16-39(17-4-1)40-30-32-42(33-31-40)62(56-28-15-24-47-46-21-10-14-29-57(46)64-60(47)56)43-34-35-45-44-20-7-11-25-50(44)61(53(45)38-43)51-26-12-8-22-48(51)58-52(61)36-37-55-59(58)49-23-9-13-27-54(49)63(55)41-18-5-2-6-19-41/h1-38H. The zero-order valence-electron chi connectivity index (χ0n) is 34.7. The maximum Gasteiger partial charge on any atom is 0.159 e. The van der Waals surface area contributed by atoms with E-state index < -0.39 is 5.41 Å². The van der Waals surface area contributed by atoms with Crippen LogP contribution in [0, 0.1) is 0 Å². The van der Waals surface area contributed by atoms with Gasteiger partial charge >= 0.3 is 0 Å². The van der Waals surface area contributed by atoms with Gasteiger partial charge in [0.15, 0.2) is 5.58 Å². The number of anilines is 3. The summed E-state index contributed by atoms with van der Waals surface area (Å²) in [6.45, 7) is 0. The Morgan fingerprint density at radius 1 is 0.391 bits per heavy atom. The van der Waals surface area contributed by atoms with E-state index in [1.165, 1.54) is 77.4 Å². The van der Waals surface area contributed by atoms with Crippen LogP contribution < -0.4 is 4.90 Å². The van der Waals surface area contributed by atoms with Crippen LogP contribution in [0.5, 0.6) is 0 Å². The Kier molecular flexibility index (Phi) is 7.32. The SMILES string of the molecule is c1ccc(-c2ccc(N(c3ccc4c(c3)C3(c5ccccc5-4)c4ccccc4-c4c3ccc3c4c4ccccc4n3-c3ccccc3)c3cccc4c3oc3ccccc34)cc2)cc1. The fourth-order valence-electron chi connectivity index (χ4n) is 11.4. The number of benzene rings is 10. The third kappa shape index (κ3) is 4.70. The quantitative estimate of drug-likeness (QED) is 0.173. The average molecular weight is 815 g/mol. The lowest BCUT2D eigenvalue weighted by Gasteiger charge is -2.32. The molecule has 3 nitrogen and oxygen atoms in total. The number of hydrogen-bond donors (Lipinski definition) is 0. The number of hydrogen-bond acceptors (Lipinski definition) is 2. The average Bonchev–Trinajstić information content (AvgIpc) is 4.09. The summed E-state index contributed by atoms with van der Waals surface area (Å²) in [5.74, 6) is 0. The van der Waals surface area contributed by atoms with Crippen LogP contribution >= 0.6 is 0 Å². The fraction of sp³-hybridized carbons (Fsp3) is 0.0164. The molecule has 1 unspecified atom stereocenters. The molecule has 0 saturated carbocycles. The monoisotopic (exact) mass is 814 g/mol. The smallest absolute Gasteiger partial charge is 0.159 e. The minimum Gasteiger partial charge on any atom is -0.454 e. The molecule has 0 aliphatic heterocycles. The number of aromatic nitrogens is 1. The Labute approximate surface area is 370 Å². The molecular formula is C61H38N2O. The van der Waals surface area contributed by atoms with E-state index in [-0.39, 0.29) is 0 Å². The maximum absolute atomic E-state index is 6.80. The van der Waals surface area contributed by atoms with Gasteiger partial charge in [-0.15, -0.1) is 0 Å². The van der Waals surface area contributed by atoms with Gasteiger partial charge in [-0.1, -0.05) is 170 Å². The third-order valence-corrected chi connectivity index (χ3v) is 14.0. The normalized spacial score (nSPS) is 14.6. The number of nitrogens with zero attached hydrogens (tertiary/aromatic N) is 2. The van der Waals surface area contributed by atoms with Crippen molar-refractivity contribution in [3.05, 3.63) is 253 Å². The van der Waals surface area contributed by atoms with Crippen molar-refractivity contribution in [3.8, 4) is 39.1 Å². The lowest BCUT2D eigenvalue weighted by Crippen LogP contribution is -2.26. The van der Waals surface area contributed by atoms with E-state index in [2.05, 4.69) is 234 Å². The van der Waals surface area contributed by atoms with Crippen LogP contribution in [0.1, 0.15) is 22.3 Å². The second-order valence-corrected chi connectivity index (χ2v) is 17.1. The molecule has 0 amide bonds. The summed E-state index contributed by atoms with van der Waals surface area (Å²) in [5.41, 5.74) is 20.6. The van der Waals surface area contributed by atoms with Gasteiger partial charge in [-0.05, 0) is 116 Å². The molecular weight excluding hydrogens is 777 g/mol. The van der Waals surface area contributed by atoms with Crippen molar-refractivity contribution in [2.45, 2.75) is 5.41 Å². The lowest BCUT2D eigenvalue weighted by atomic mass is 9.70. The highest BCUT2D eigenvalue weighted by molar-refractivity contribution is 6.19. The molecule has 2 aliphatic carbocycles. The third-order valence-electron chi connectivity index (χ3n) is 14.0. The lowest BCUT2D eigenvalue weighted by molar-refractivity contribution is 0.669. The van der Waals surface area contributed by atoms with E-state index >= 15 is 0 Å². The molecule has 10 aromatic carbocycles. The van der Waals surface area contributed by atoms with Crippen molar-refractivity contribution in [1.82, 2.24) is 4.57 Å². The molecule has 2 heterocycles. The highest BCUT2D eigenvalue weighted by Gasteiger charge is 2.52. The minimum absolute atomic E-state index is 0.563. The van der Waals surface area contributed by atoms with Gasteiger partial charge in [0.1, 0.15) is 5.58 Å². The maximum atomic E-state index is 6.80. The number of fused-ring (bicyclic) bond motifs is 17. The first kappa shape index (κ1) is 35.2. The van der Waals surface area contributed by atoms with Crippen molar-refractivity contribution >= 4 is 60.8 Å². The van der Waals surface area contributed by atoms with E-state index in [1.54, 1.807) is 0 Å². The highest BCUT2D eigenvalue weighted by Crippen LogP contribution is 2.65. The van der Waals surface area contributed by atoms with Crippen LogP contribution in [0.4, 0.5) is 17.1 Å². The zero-order chi connectivity index (χ0) is 41.9. The van der Waals surface area contributed by atoms with E-state index in [9.17, 15) is 0 Å². The molecule has 0 saturated heterocycles. The molecule has 2 aromatic heterocycles. The summed E-state index contributed by atoms with van der Waals surface area (Å²) in [7, 11) is 0. The topological polar surface area (TPSA) is 21.3 Å². The largest absolute Gasteiger partial charge is 0.454 e. The molecule has 12 aromatic rings. The Balaban J connectivity index is 1.06. The van der Waals surface area contributed by atoms with E-state index in [0.29, 0.717) is 0 Å². The first-order valence-electron chi connectivity index (χ1n) is 22.1. The van der Waals surface area contributed by atoms with E-state index in [4.69, 9.17) is 4.42 Å². The fourth-order valence-corrected chi connectivity index (χ4v) is 11.4. The molecule has 0 N–H and O–H groups in total. The van der Waals surface area contributed by atoms with Crippen LogP contribution in [0.15, 0.2) is 235 Å². The number of para-hydroxylation sites is 4. The van der Waals surface area contributed by atoms with Gasteiger partial charge in [0, 0.05) is 38.6 Å². The van der Waals surface area contributed by atoms with Crippen LogP contribution in [-0.2, 0) is 5.41 Å². The van der Waals surface area contributed by atoms with Crippen molar-refractivity contribution in [2.24, 2.45) is 0 Å².